The maximum atomic E-state index is 5.26. The van der Waals surface area contributed by atoms with Gasteiger partial charge < -0.3 is 9.40 Å². The fourth-order valence-electron chi connectivity index (χ4n) is 1.45. The van der Waals surface area contributed by atoms with Crippen molar-refractivity contribution in [2.45, 2.75) is 0 Å². The summed E-state index contributed by atoms with van der Waals surface area (Å²) in [7, 11) is 0. The summed E-state index contributed by atoms with van der Waals surface area (Å²) >= 11 is 0. The van der Waals surface area contributed by atoms with Gasteiger partial charge in [-0.1, -0.05) is 6.07 Å². The molecule has 0 aliphatic rings. The summed E-state index contributed by atoms with van der Waals surface area (Å²) in [5.41, 5.74) is 1.76. The molecular formula is C9H6N2O. The molecule has 0 aliphatic heterocycles. The largest absolute Gasteiger partial charge is 0.443 e. The molecule has 58 valence electrons. The minimum Gasteiger partial charge on any atom is -0.443 e. The number of H-pyrrole nitrogens is 1. The van der Waals surface area contributed by atoms with Gasteiger partial charge in [-0.2, -0.15) is 0 Å². The summed E-state index contributed by atoms with van der Waals surface area (Å²) in [5, 5.41) is 2.24. The van der Waals surface area contributed by atoms with Crippen LogP contribution in [0.5, 0.6) is 0 Å². The van der Waals surface area contributed by atoms with Crippen LogP contribution in [-0.4, -0.2) is 9.97 Å². The summed E-state index contributed by atoms with van der Waals surface area (Å²) in [6.07, 6.45) is 5.33. The molecule has 1 aromatic carbocycles. The Labute approximate surface area is 68.0 Å². The average molecular weight is 158 g/mol. The van der Waals surface area contributed by atoms with E-state index in [1.165, 1.54) is 6.39 Å². The van der Waals surface area contributed by atoms with Crippen molar-refractivity contribution < 1.29 is 4.42 Å². The predicted octanol–water partition coefficient (Wildman–Crippen LogP) is 2.31. The van der Waals surface area contributed by atoms with Gasteiger partial charge in [0.2, 0.25) is 0 Å². The Hall–Kier alpha value is -1.77. The van der Waals surface area contributed by atoms with E-state index in [4.69, 9.17) is 4.42 Å². The van der Waals surface area contributed by atoms with Crippen molar-refractivity contribution in [2.75, 3.05) is 0 Å². The lowest BCUT2D eigenvalue weighted by atomic mass is 10.2. The number of nitrogens with one attached hydrogen (secondary N) is 1. The van der Waals surface area contributed by atoms with E-state index < -0.39 is 0 Å². The number of hydrogen-bond acceptors (Lipinski definition) is 2. The average Bonchev–Trinajstić information content (AvgIpc) is 2.71. The third-order valence-electron chi connectivity index (χ3n) is 2.04. The first-order valence-electron chi connectivity index (χ1n) is 3.74. The van der Waals surface area contributed by atoms with Crippen molar-refractivity contribution in [1.82, 2.24) is 9.97 Å². The lowest BCUT2D eigenvalue weighted by molar-refractivity contribution is 0.605. The van der Waals surface area contributed by atoms with E-state index in [-0.39, 0.29) is 0 Å². The monoisotopic (exact) mass is 158 g/mol. The molecule has 2 aromatic heterocycles. The van der Waals surface area contributed by atoms with Gasteiger partial charge in [0.25, 0.3) is 0 Å². The highest BCUT2D eigenvalue weighted by molar-refractivity contribution is 6.02. The quantitative estimate of drug-likeness (QED) is 0.545. The van der Waals surface area contributed by atoms with Crippen LogP contribution in [0, 0.1) is 0 Å². The van der Waals surface area contributed by atoms with Crippen molar-refractivity contribution in [3.63, 3.8) is 0 Å². The summed E-state index contributed by atoms with van der Waals surface area (Å²) in [4.78, 5) is 7.10. The number of benzene rings is 1. The molecule has 2 heterocycles. The molecule has 0 unspecified atom stereocenters. The second kappa shape index (κ2) is 1.88. The lowest BCUT2D eigenvalue weighted by Gasteiger charge is -1.87. The third-order valence-corrected chi connectivity index (χ3v) is 2.04. The molecular weight excluding hydrogens is 152 g/mol. The Balaban J connectivity index is 2.71. The van der Waals surface area contributed by atoms with E-state index in [0.29, 0.717) is 0 Å². The summed E-state index contributed by atoms with van der Waals surface area (Å²) in [6.45, 7) is 0. The zero-order chi connectivity index (χ0) is 7.97. The summed E-state index contributed by atoms with van der Waals surface area (Å²) in [6, 6.07) is 3.98. The van der Waals surface area contributed by atoms with Crippen molar-refractivity contribution >= 4 is 21.9 Å². The fraction of sp³-hybridized carbons (Fsp3) is 0. The van der Waals surface area contributed by atoms with Crippen LogP contribution in [0.4, 0.5) is 0 Å². The normalized spacial score (nSPS) is 11.3. The molecule has 0 saturated heterocycles. The first-order valence-corrected chi connectivity index (χ1v) is 3.74. The van der Waals surface area contributed by atoms with Crippen molar-refractivity contribution in [1.29, 1.82) is 0 Å². The van der Waals surface area contributed by atoms with Crippen LogP contribution in [0.3, 0.4) is 0 Å². The maximum Gasteiger partial charge on any atom is 0.182 e. The zero-order valence-electron chi connectivity index (χ0n) is 6.24. The maximum absolute atomic E-state index is 5.26. The Bertz CT molecular complexity index is 486. The number of hydrogen-bond donors (Lipinski definition) is 1. The van der Waals surface area contributed by atoms with Crippen LogP contribution in [0.25, 0.3) is 21.9 Å². The molecule has 0 fully saturated rings. The molecule has 3 nitrogen and oxygen atoms in total. The van der Waals surface area contributed by atoms with Gasteiger partial charge in [0.05, 0.1) is 0 Å². The van der Waals surface area contributed by atoms with Crippen molar-refractivity contribution in [2.24, 2.45) is 0 Å². The van der Waals surface area contributed by atoms with Crippen molar-refractivity contribution in [3.8, 4) is 0 Å². The minimum atomic E-state index is 0.855. The summed E-state index contributed by atoms with van der Waals surface area (Å²) < 4.78 is 5.26. The number of aromatic nitrogens is 2. The Morgan fingerprint density at radius 3 is 3.25 bits per heavy atom. The topological polar surface area (TPSA) is 41.8 Å². The van der Waals surface area contributed by atoms with Crippen LogP contribution in [-0.2, 0) is 0 Å². The van der Waals surface area contributed by atoms with Crippen LogP contribution < -0.4 is 0 Å². The van der Waals surface area contributed by atoms with E-state index >= 15 is 0 Å². The number of fused-ring (bicyclic) bond motifs is 3. The van der Waals surface area contributed by atoms with Gasteiger partial charge >= 0.3 is 0 Å². The second-order valence-electron chi connectivity index (χ2n) is 2.72. The second-order valence-corrected chi connectivity index (χ2v) is 2.72. The first-order chi connectivity index (χ1) is 5.95. The van der Waals surface area contributed by atoms with Crippen LogP contribution in [0.2, 0.25) is 0 Å². The standard InChI is InChI=1S/C9H6N2O/c1-2-8-9(12-5-11-8)7-4-10-3-6(1)7/h1-5,10H. The van der Waals surface area contributed by atoms with E-state index in [2.05, 4.69) is 9.97 Å². The lowest BCUT2D eigenvalue weighted by Crippen LogP contribution is -1.67. The molecule has 12 heavy (non-hydrogen) atoms. The van der Waals surface area contributed by atoms with Gasteiger partial charge in [0.1, 0.15) is 5.52 Å². The van der Waals surface area contributed by atoms with Crippen LogP contribution >= 0.6 is 0 Å². The predicted molar refractivity (Wildman–Crippen MR) is 45.9 cm³/mol. The van der Waals surface area contributed by atoms with E-state index in [1.807, 2.05) is 24.5 Å². The van der Waals surface area contributed by atoms with Gasteiger partial charge in [0.15, 0.2) is 12.0 Å². The van der Waals surface area contributed by atoms with Gasteiger partial charge in [-0.05, 0) is 6.07 Å². The molecule has 0 radical (unpaired) electrons. The molecule has 0 amide bonds. The number of aromatic amines is 1. The Morgan fingerprint density at radius 2 is 2.25 bits per heavy atom. The molecule has 1 N–H and O–H groups in total. The van der Waals surface area contributed by atoms with E-state index in [1.54, 1.807) is 0 Å². The number of nitrogens with zero attached hydrogens (tertiary/aromatic N) is 1. The smallest absolute Gasteiger partial charge is 0.182 e. The highest BCUT2D eigenvalue weighted by Gasteiger charge is 2.03. The summed E-state index contributed by atoms with van der Waals surface area (Å²) in [5.74, 6) is 0. The van der Waals surface area contributed by atoms with Gasteiger partial charge in [-0.3, -0.25) is 0 Å². The third kappa shape index (κ3) is 0.580. The molecule has 0 bridgehead atoms. The number of rotatable bonds is 0. The van der Waals surface area contributed by atoms with Crippen LogP contribution in [0.1, 0.15) is 0 Å². The van der Waals surface area contributed by atoms with Gasteiger partial charge in [-0.15, -0.1) is 0 Å². The fourth-order valence-corrected chi connectivity index (χ4v) is 1.45. The van der Waals surface area contributed by atoms with Crippen molar-refractivity contribution in [3.05, 3.63) is 30.9 Å². The van der Waals surface area contributed by atoms with Crippen LogP contribution in [0.15, 0.2) is 35.3 Å². The molecule has 0 aliphatic carbocycles. The molecule has 0 atom stereocenters. The number of oxazole rings is 1. The Morgan fingerprint density at radius 1 is 1.25 bits per heavy atom. The molecule has 3 heteroatoms. The van der Waals surface area contributed by atoms with E-state index in [9.17, 15) is 0 Å². The Kier molecular flexibility index (Phi) is 0.913. The molecule has 0 saturated carbocycles. The van der Waals surface area contributed by atoms with Gasteiger partial charge in [-0.25, -0.2) is 4.98 Å². The molecule has 0 spiro atoms. The SMILES string of the molecule is c1nc2ccc3c[nH]cc3c2o1. The zero-order valence-corrected chi connectivity index (χ0v) is 6.24. The minimum absolute atomic E-state index is 0.855. The highest BCUT2D eigenvalue weighted by atomic mass is 16.3. The van der Waals surface area contributed by atoms with E-state index in [0.717, 1.165) is 21.9 Å². The molecule has 3 rings (SSSR count). The highest BCUT2D eigenvalue weighted by Crippen LogP contribution is 2.23. The van der Waals surface area contributed by atoms with Gasteiger partial charge in [0, 0.05) is 23.2 Å². The first kappa shape index (κ1) is 5.83. The molecule has 3 aromatic rings.